The van der Waals surface area contributed by atoms with Gasteiger partial charge in [-0.15, -0.1) is 0 Å². The lowest BCUT2D eigenvalue weighted by Crippen LogP contribution is -2.19. The summed E-state index contributed by atoms with van der Waals surface area (Å²) in [5.41, 5.74) is 0. The fourth-order valence-electron chi connectivity index (χ4n) is 1.18. The fraction of sp³-hybridized carbons (Fsp3) is 0.900. The van der Waals surface area contributed by atoms with Crippen molar-refractivity contribution in [2.24, 2.45) is 5.92 Å². The molecule has 0 aliphatic heterocycles. The second-order valence-corrected chi connectivity index (χ2v) is 3.19. The molecule has 13 heavy (non-hydrogen) atoms. The van der Waals surface area contributed by atoms with Crippen LogP contribution in [0.5, 0.6) is 0 Å². The van der Waals surface area contributed by atoms with Crippen LogP contribution in [0.2, 0.25) is 0 Å². The number of carbonyl (C=O) groups is 1. The number of hydrogen-bond acceptors (Lipinski definition) is 2. The van der Waals surface area contributed by atoms with Gasteiger partial charge in [-0.05, 0) is 13.3 Å². The molecule has 1 N–H and O–H groups in total. The molecule has 0 aromatic carbocycles. The van der Waals surface area contributed by atoms with E-state index in [0.717, 1.165) is 25.7 Å². The largest absolute Gasteiger partial charge is 0.481 e. The van der Waals surface area contributed by atoms with Crippen molar-refractivity contribution >= 4 is 5.97 Å². The number of aliphatic carboxylic acids is 1. The van der Waals surface area contributed by atoms with Crippen LogP contribution >= 0.6 is 0 Å². The third-order valence-electron chi connectivity index (χ3n) is 2.03. The zero-order chi connectivity index (χ0) is 10.1. The molecule has 3 nitrogen and oxygen atoms in total. The van der Waals surface area contributed by atoms with Crippen molar-refractivity contribution in [1.82, 2.24) is 0 Å². The summed E-state index contributed by atoms with van der Waals surface area (Å²) in [6.45, 7) is 4.94. The fourth-order valence-corrected chi connectivity index (χ4v) is 1.18. The Bertz CT molecular complexity index is 134. The summed E-state index contributed by atoms with van der Waals surface area (Å²) in [5.74, 6) is -1.05. The maximum atomic E-state index is 10.7. The van der Waals surface area contributed by atoms with Crippen molar-refractivity contribution in [2.45, 2.75) is 39.5 Å². The van der Waals surface area contributed by atoms with Crippen molar-refractivity contribution in [3.05, 3.63) is 0 Å². The highest BCUT2D eigenvalue weighted by molar-refractivity contribution is 5.70. The third-order valence-corrected chi connectivity index (χ3v) is 2.03. The summed E-state index contributed by atoms with van der Waals surface area (Å²) in [6, 6.07) is 0. The molecule has 0 aromatic rings. The van der Waals surface area contributed by atoms with Crippen LogP contribution in [0.25, 0.3) is 0 Å². The highest BCUT2D eigenvalue weighted by Gasteiger charge is 2.16. The molecule has 0 aliphatic carbocycles. The van der Waals surface area contributed by atoms with Gasteiger partial charge in [-0.2, -0.15) is 0 Å². The summed E-state index contributed by atoms with van der Waals surface area (Å²) < 4.78 is 5.11. The SMILES string of the molecule is CCCCCC(COCC)C(=O)O. The molecule has 0 rings (SSSR count). The van der Waals surface area contributed by atoms with E-state index >= 15 is 0 Å². The Morgan fingerprint density at radius 1 is 1.38 bits per heavy atom. The Morgan fingerprint density at radius 3 is 2.54 bits per heavy atom. The zero-order valence-corrected chi connectivity index (χ0v) is 8.58. The van der Waals surface area contributed by atoms with Crippen molar-refractivity contribution in [3.8, 4) is 0 Å². The first kappa shape index (κ1) is 12.4. The second-order valence-electron chi connectivity index (χ2n) is 3.19. The molecular formula is C10H20O3. The predicted molar refractivity (Wildman–Crippen MR) is 51.8 cm³/mol. The van der Waals surface area contributed by atoms with Crippen LogP contribution in [0.1, 0.15) is 39.5 Å². The van der Waals surface area contributed by atoms with Gasteiger partial charge in [-0.3, -0.25) is 4.79 Å². The Hall–Kier alpha value is -0.570. The van der Waals surface area contributed by atoms with Crippen LogP contribution in [0.15, 0.2) is 0 Å². The number of hydrogen-bond donors (Lipinski definition) is 1. The summed E-state index contributed by atoms with van der Waals surface area (Å²) in [6.07, 6.45) is 3.96. The van der Waals surface area contributed by atoms with Gasteiger partial charge in [0.25, 0.3) is 0 Å². The van der Waals surface area contributed by atoms with Crippen molar-refractivity contribution in [1.29, 1.82) is 0 Å². The average molecular weight is 188 g/mol. The first-order valence-corrected chi connectivity index (χ1v) is 5.02. The number of unbranched alkanes of at least 4 members (excludes halogenated alkanes) is 2. The topological polar surface area (TPSA) is 46.5 Å². The molecule has 0 fully saturated rings. The molecule has 0 bridgehead atoms. The maximum absolute atomic E-state index is 10.7. The standard InChI is InChI=1S/C10H20O3/c1-3-5-6-7-9(10(11)12)8-13-4-2/h9H,3-8H2,1-2H3,(H,11,12). The molecule has 3 heteroatoms. The minimum Gasteiger partial charge on any atom is -0.481 e. The van der Waals surface area contributed by atoms with E-state index in [9.17, 15) is 4.79 Å². The Labute approximate surface area is 80.1 Å². The number of rotatable bonds is 8. The van der Waals surface area contributed by atoms with E-state index in [1.54, 1.807) is 0 Å². The van der Waals surface area contributed by atoms with Gasteiger partial charge in [0, 0.05) is 6.61 Å². The second kappa shape index (κ2) is 8.05. The first-order valence-electron chi connectivity index (χ1n) is 5.02. The molecule has 0 aliphatic rings. The minimum atomic E-state index is -0.732. The van der Waals surface area contributed by atoms with Gasteiger partial charge in [-0.1, -0.05) is 26.2 Å². The molecule has 0 aromatic heterocycles. The van der Waals surface area contributed by atoms with Gasteiger partial charge in [0.2, 0.25) is 0 Å². The van der Waals surface area contributed by atoms with E-state index < -0.39 is 5.97 Å². The van der Waals surface area contributed by atoms with E-state index in [0.29, 0.717) is 13.2 Å². The van der Waals surface area contributed by atoms with Gasteiger partial charge in [0.15, 0.2) is 0 Å². The first-order chi connectivity index (χ1) is 6.22. The quantitative estimate of drug-likeness (QED) is 0.594. The molecule has 0 amide bonds. The van der Waals surface area contributed by atoms with Crippen LogP contribution in [0.4, 0.5) is 0 Å². The highest BCUT2D eigenvalue weighted by atomic mass is 16.5. The van der Waals surface area contributed by atoms with E-state index in [-0.39, 0.29) is 5.92 Å². The highest BCUT2D eigenvalue weighted by Crippen LogP contribution is 2.10. The number of carboxylic acids is 1. The average Bonchev–Trinajstić information content (AvgIpc) is 2.10. The van der Waals surface area contributed by atoms with Crippen molar-refractivity contribution in [3.63, 3.8) is 0 Å². The van der Waals surface area contributed by atoms with Gasteiger partial charge in [0.05, 0.1) is 12.5 Å². The molecular weight excluding hydrogens is 168 g/mol. The Kier molecular flexibility index (Phi) is 7.69. The van der Waals surface area contributed by atoms with Crippen LogP contribution in [0.3, 0.4) is 0 Å². The van der Waals surface area contributed by atoms with Gasteiger partial charge < -0.3 is 9.84 Å². The summed E-state index contributed by atoms with van der Waals surface area (Å²) in [7, 11) is 0. The summed E-state index contributed by atoms with van der Waals surface area (Å²) in [4.78, 5) is 10.7. The Balaban J connectivity index is 3.61. The molecule has 0 heterocycles. The lowest BCUT2D eigenvalue weighted by molar-refractivity contribution is -0.144. The monoisotopic (exact) mass is 188 g/mol. The minimum absolute atomic E-state index is 0.313. The van der Waals surface area contributed by atoms with E-state index in [2.05, 4.69) is 6.92 Å². The van der Waals surface area contributed by atoms with Gasteiger partial charge >= 0.3 is 5.97 Å². The van der Waals surface area contributed by atoms with E-state index in [1.807, 2.05) is 6.92 Å². The summed E-state index contributed by atoms with van der Waals surface area (Å²) in [5, 5.41) is 8.82. The maximum Gasteiger partial charge on any atom is 0.308 e. The van der Waals surface area contributed by atoms with Crippen LogP contribution in [-0.2, 0) is 9.53 Å². The smallest absolute Gasteiger partial charge is 0.308 e. The molecule has 1 unspecified atom stereocenters. The summed E-state index contributed by atoms with van der Waals surface area (Å²) >= 11 is 0. The lowest BCUT2D eigenvalue weighted by Gasteiger charge is -2.11. The van der Waals surface area contributed by atoms with Crippen LogP contribution in [0, 0.1) is 5.92 Å². The van der Waals surface area contributed by atoms with E-state index in [4.69, 9.17) is 9.84 Å². The molecule has 0 radical (unpaired) electrons. The number of ether oxygens (including phenoxy) is 1. The third kappa shape index (κ3) is 6.58. The van der Waals surface area contributed by atoms with E-state index in [1.165, 1.54) is 0 Å². The zero-order valence-electron chi connectivity index (χ0n) is 8.58. The van der Waals surface area contributed by atoms with Crippen LogP contribution < -0.4 is 0 Å². The normalized spacial score (nSPS) is 12.8. The lowest BCUT2D eigenvalue weighted by atomic mass is 10.0. The van der Waals surface area contributed by atoms with Gasteiger partial charge in [-0.25, -0.2) is 0 Å². The molecule has 78 valence electrons. The molecule has 0 saturated heterocycles. The molecule has 1 atom stereocenters. The molecule has 0 saturated carbocycles. The number of carboxylic acid groups (broad SMARTS) is 1. The van der Waals surface area contributed by atoms with Gasteiger partial charge in [0.1, 0.15) is 0 Å². The predicted octanol–water partition coefficient (Wildman–Crippen LogP) is 2.30. The van der Waals surface area contributed by atoms with Crippen molar-refractivity contribution < 1.29 is 14.6 Å². The Morgan fingerprint density at radius 2 is 2.08 bits per heavy atom. The van der Waals surface area contributed by atoms with Crippen LogP contribution in [-0.4, -0.2) is 24.3 Å². The van der Waals surface area contributed by atoms with Crippen molar-refractivity contribution in [2.75, 3.05) is 13.2 Å². The molecule has 0 spiro atoms.